The first-order chi connectivity index (χ1) is 16.1. The van der Waals surface area contributed by atoms with Crippen LogP contribution in [0, 0.1) is 0 Å². The topological polar surface area (TPSA) is 65.5 Å². The lowest BCUT2D eigenvalue weighted by Gasteiger charge is -2.30. The van der Waals surface area contributed by atoms with E-state index in [0.29, 0.717) is 32.6 Å². The molecule has 2 aromatic carbocycles. The van der Waals surface area contributed by atoms with E-state index in [1.54, 1.807) is 6.20 Å². The van der Waals surface area contributed by atoms with Crippen LogP contribution in [0.25, 0.3) is 0 Å². The van der Waals surface area contributed by atoms with Gasteiger partial charge in [0.05, 0.1) is 18.8 Å². The van der Waals surface area contributed by atoms with Crippen LogP contribution < -0.4 is 5.32 Å². The van der Waals surface area contributed by atoms with E-state index in [0.717, 1.165) is 28.9 Å². The Bertz CT molecular complexity index is 1040. The summed E-state index contributed by atoms with van der Waals surface area (Å²) in [6.07, 6.45) is 3.07. The van der Waals surface area contributed by atoms with Crippen LogP contribution in [0.15, 0.2) is 72.9 Å². The first kappa shape index (κ1) is 22.5. The van der Waals surface area contributed by atoms with E-state index in [1.807, 2.05) is 77.4 Å². The molecule has 2 heterocycles. The van der Waals surface area contributed by atoms with Gasteiger partial charge in [-0.15, -0.1) is 0 Å². The molecule has 0 aliphatic carbocycles. The first-order valence-corrected chi connectivity index (χ1v) is 11.5. The highest BCUT2D eigenvalue weighted by atomic mass is 16.2. The van der Waals surface area contributed by atoms with Crippen LogP contribution in [-0.4, -0.2) is 39.7 Å². The second kappa shape index (κ2) is 10.8. The van der Waals surface area contributed by atoms with Crippen LogP contribution in [0.2, 0.25) is 0 Å². The Kier molecular flexibility index (Phi) is 7.35. The molecule has 4 rings (SSSR count). The Morgan fingerprint density at radius 2 is 1.82 bits per heavy atom. The van der Waals surface area contributed by atoms with Crippen LogP contribution in [0.4, 0.5) is 5.69 Å². The number of hydrogen-bond acceptors (Lipinski definition) is 4. The lowest BCUT2D eigenvalue weighted by Crippen LogP contribution is -2.37. The summed E-state index contributed by atoms with van der Waals surface area (Å²) in [6.45, 7) is 4.43. The summed E-state index contributed by atoms with van der Waals surface area (Å²) in [5, 5.41) is 3.37. The van der Waals surface area contributed by atoms with E-state index in [1.165, 1.54) is 5.56 Å². The van der Waals surface area contributed by atoms with E-state index < -0.39 is 0 Å². The molecule has 33 heavy (non-hydrogen) atoms. The molecule has 1 aliphatic heterocycles. The maximum atomic E-state index is 13.3. The quantitative estimate of drug-likeness (QED) is 0.572. The number of nitrogens with zero attached hydrogens (tertiary/aromatic N) is 3. The lowest BCUT2D eigenvalue weighted by atomic mass is 9.97. The van der Waals surface area contributed by atoms with Gasteiger partial charge in [-0.2, -0.15) is 0 Å². The number of rotatable bonds is 8. The standard InChI is InChI=1S/C27H30N4O2/c1-2-26(32)30-16-14-24-22(19-30)11-8-13-25(24)29-17-27(33)31(18-21-9-4-3-5-10-21)20-23-12-6-7-15-28-23/h3-13,15,29H,2,14,16-20H2,1H3. The zero-order chi connectivity index (χ0) is 23.0. The average Bonchev–Trinajstić information content (AvgIpc) is 2.87. The number of aromatic nitrogens is 1. The molecule has 1 aromatic heterocycles. The Morgan fingerprint density at radius 3 is 2.58 bits per heavy atom. The maximum absolute atomic E-state index is 13.3. The van der Waals surface area contributed by atoms with Gasteiger partial charge in [0.2, 0.25) is 11.8 Å². The largest absolute Gasteiger partial charge is 0.376 e. The highest BCUT2D eigenvalue weighted by molar-refractivity contribution is 5.81. The molecule has 0 saturated carbocycles. The predicted octanol–water partition coefficient (Wildman–Crippen LogP) is 4.02. The summed E-state index contributed by atoms with van der Waals surface area (Å²) in [6, 6.07) is 21.8. The highest BCUT2D eigenvalue weighted by Gasteiger charge is 2.22. The molecule has 0 radical (unpaired) electrons. The van der Waals surface area contributed by atoms with Crippen molar-refractivity contribution in [3.8, 4) is 0 Å². The minimum absolute atomic E-state index is 0.0145. The molecule has 0 saturated heterocycles. The van der Waals surface area contributed by atoms with Gasteiger partial charge in [0, 0.05) is 37.9 Å². The van der Waals surface area contributed by atoms with Crippen molar-refractivity contribution in [1.82, 2.24) is 14.8 Å². The number of benzene rings is 2. The summed E-state index contributed by atoms with van der Waals surface area (Å²) < 4.78 is 0. The van der Waals surface area contributed by atoms with Gasteiger partial charge in [-0.25, -0.2) is 0 Å². The molecule has 0 atom stereocenters. The molecule has 6 nitrogen and oxygen atoms in total. The highest BCUT2D eigenvalue weighted by Crippen LogP contribution is 2.26. The van der Waals surface area contributed by atoms with Crippen molar-refractivity contribution in [3.05, 3.63) is 95.3 Å². The van der Waals surface area contributed by atoms with Crippen LogP contribution in [0.3, 0.4) is 0 Å². The number of amides is 2. The molecule has 1 aliphatic rings. The third-order valence-corrected chi connectivity index (χ3v) is 6.00. The van der Waals surface area contributed by atoms with E-state index in [9.17, 15) is 9.59 Å². The van der Waals surface area contributed by atoms with E-state index in [2.05, 4.69) is 16.4 Å². The van der Waals surface area contributed by atoms with Crippen molar-refractivity contribution in [2.45, 2.75) is 39.4 Å². The molecular weight excluding hydrogens is 412 g/mol. The van der Waals surface area contributed by atoms with Crippen molar-refractivity contribution in [2.75, 3.05) is 18.4 Å². The molecule has 0 bridgehead atoms. The van der Waals surface area contributed by atoms with Crippen molar-refractivity contribution < 1.29 is 9.59 Å². The number of fused-ring (bicyclic) bond motifs is 1. The normalized spacial score (nSPS) is 12.7. The van der Waals surface area contributed by atoms with Gasteiger partial charge >= 0.3 is 0 Å². The Labute approximate surface area is 195 Å². The number of pyridine rings is 1. The minimum Gasteiger partial charge on any atom is -0.376 e. The number of carbonyl (C=O) groups excluding carboxylic acids is 2. The number of anilines is 1. The fraction of sp³-hybridized carbons (Fsp3) is 0.296. The molecule has 0 fully saturated rings. The second-order valence-electron chi connectivity index (χ2n) is 8.27. The monoisotopic (exact) mass is 442 g/mol. The summed E-state index contributed by atoms with van der Waals surface area (Å²) in [5.74, 6) is 0.195. The summed E-state index contributed by atoms with van der Waals surface area (Å²) in [5.41, 5.74) is 5.26. The van der Waals surface area contributed by atoms with Gasteiger partial charge < -0.3 is 15.1 Å². The smallest absolute Gasteiger partial charge is 0.242 e. The van der Waals surface area contributed by atoms with Crippen LogP contribution in [-0.2, 0) is 35.6 Å². The van der Waals surface area contributed by atoms with Crippen molar-refractivity contribution >= 4 is 17.5 Å². The van der Waals surface area contributed by atoms with Gasteiger partial charge in [0.15, 0.2) is 0 Å². The van der Waals surface area contributed by atoms with Crippen molar-refractivity contribution in [1.29, 1.82) is 0 Å². The van der Waals surface area contributed by atoms with Crippen molar-refractivity contribution in [3.63, 3.8) is 0 Å². The lowest BCUT2D eigenvalue weighted by molar-refractivity contribution is -0.132. The summed E-state index contributed by atoms with van der Waals surface area (Å²) in [7, 11) is 0. The summed E-state index contributed by atoms with van der Waals surface area (Å²) >= 11 is 0. The Balaban J connectivity index is 1.46. The maximum Gasteiger partial charge on any atom is 0.242 e. The Hall–Kier alpha value is -3.67. The van der Waals surface area contributed by atoms with E-state index in [-0.39, 0.29) is 18.4 Å². The fourth-order valence-corrected chi connectivity index (χ4v) is 4.22. The zero-order valence-corrected chi connectivity index (χ0v) is 19.0. The van der Waals surface area contributed by atoms with Gasteiger partial charge in [0.1, 0.15) is 0 Å². The van der Waals surface area contributed by atoms with Crippen LogP contribution >= 0.6 is 0 Å². The van der Waals surface area contributed by atoms with E-state index in [4.69, 9.17) is 0 Å². The average molecular weight is 443 g/mol. The first-order valence-electron chi connectivity index (χ1n) is 11.5. The Morgan fingerprint density at radius 1 is 1.00 bits per heavy atom. The molecule has 0 spiro atoms. The third-order valence-electron chi connectivity index (χ3n) is 6.00. The minimum atomic E-state index is 0.0145. The second-order valence-corrected chi connectivity index (χ2v) is 8.27. The fourth-order valence-electron chi connectivity index (χ4n) is 4.22. The molecule has 2 amide bonds. The third kappa shape index (κ3) is 5.77. The van der Waals surface area contributed by atoms with Crippen LogP contribution in [0.1, 0.15) is 35.7 Å². The number of carbonyl (C=O) groups is 2. The van der Waals surface area contributed by atoms with Gasteiger partial charge in [-0.1, -0.05) is 55.5 Å². The SMILES string of the molecule is CCC(=O)N1CCc2c(cccc2NCC(=O)N(Cc2ccccc2)Cc2ccccn2)C1. The predicted molar refractivity (Wildman–Crippen MR) is 129 cm³/mol. The van der Waals surface area contributed by atoms with Gasteiger partial charge in [-0.3, -0.25) is 14.6 Å². The van der Waals surface area contributed by atoms with Gasteiger partial charge in [0.25, 0.3) is 0 Å². The van der Waals surface area contributed by atoms with E-state index >= 15 is 0 Å². The molecule has 3 aromatic rings. The number of hydrogen-bond donors (Lipinski definition) is 1. The van der Waals surface area contributed by atoms with Gasteiger partial charge in [-0.05, 0) is 41.3 Å². The molecule has 1 N–H and O–H groups in total. The molecule has 6 heteroatoms. The molecule has 170 valence electrons. The number of nitrogens with one attached hydrogen (secondary N) is 1. The van der Waals surface area contributed by atoms with Crippen molar-refractivity contribution in [2.24, 2.45) is 0 Å². The molecule has 0 unspecified atom stereocenters. The zero-order valence-electron chi connectivity index (χ0n) is 19.0. The summed E-state index contributed by atoms with van der Waals surface area (Å²) in [4.78, 5) is 33.5. The van der Waals surface area contributed by atoms with Crippen LogP contribution in [0.5, 0.6) is 0 Å². The molecular formula is C27H30N4O2.